The zero-order valence-electron chi connectivity index (χ0n) is 20.3. The van der Waals surface area contributed by atoms with Crippen molar-refractivity contribution in [1.82, 2.24) is 14.1 Å². The van der Waals surface area contributed by atoms with Crippen LogP contribution in [0.25, 0.3) is 21.1 Å². The summed E-state index contributed by atoms with van der Waals surface area (Å²) in [5, 5.41) is 20.3. The van der Waals surface area contributed by atoms with E-state index in [2.05, 4.69) is 22.1 Å². The molecule has 0 spiro atoms. The smallest absolute Gasteiger partial charge is 0.284 e. The van der Waals surface area contributed by atoms with Gasteiger partial charge in [0.2, 0.25) is 5.88 Å². The molecule has 1 N–H and O–H groups in total. The molecule has 1 aliphatic carbocycles. The molecule has 0 bridgehead atoms. The number of amides is 1. The third-order valence-corrected chi connectivity index (χ3v) is 8.11. The minimum atomic E-state index is -0.597. The lowest BCUT2D eigenvalue weighted by molar-refractivity contribution is -0.118. The van der Waals surface area contributed by atoms with Crippen LogP contribution < -0.4 is 5.56 Å². The third kappa shape index (κ3) is 4.25. The van der Waals surface area contributed by atoms with Gasteiger partial charge in [-0.1, -0.05) is 55.5 Å². The Labute approximate surface area is 216 Å². The predicted molar refractivity (Wildman–Crippen MR) is 144 cm³/mol. The number of aryl methyl sites for hydroxylation is 1. The van der Waals surface area contributed by atoms with Gasteiger partial charge in [-0.25, -0.2) is 4.98 Å². The Kier molecular flexibility index (Phi) is 5.92. The van der Waals surface area contributed by atoms with Crippen LogP contribution in [0.2, 0.25) is 0 Å². The molecule has 6 rings (SSSR count). The van der Waals surface area contributed by atoms with Crippen molar-refractivity contribution < 1.29 is 9.90 Å². The molecular weight excluding hydrogens is 486 g/mol. The monoisotopic (exact) mass is 511 g/mol. The Hall–Kier alpha value is -4.11. The first-order valence-electron chi connectivity index (χ1n) is 12.3. The number of fused-ring (bicyclic) bond motifs is 4. The number of hydrogen-bond donors (Lipinski definition) is 1. The maximum absolute atomic E-state index is 13.2. The number of carbonyl (C=O) groups excluding carboxylic acids is 1. The van der Waals surface area contributed by atoms with Crippen LogP contribution in [-0.4, -0.2) is 25.1 Å². The highest BCUT2D eigenvalue weighted by molar-refractivity contribution is 7.18. The minimum Gasteiger partial charge on any atom is -0.493 e. The van der Waals surface area contributed by atoms with Gasteiger partial charge in [-0.3, -0.25) is 14.2 Å². The van der Waals surface area contributed by atoms with Crippen molar-refractivity contribution in [2.24, 2.45) is 16.1 Å². The molecule has 2 aromatic carbocycles. The van der Waals surface area contributed by atoms with E-state index in [4.69, 9.17) is 0 Å². The van der Waals surface area contributed by atoms with Gasteiger partial charge in [0.15, 0.2) is 5.69 Å². The van der Waals surface area contributed by atoms with Gasteiger partial charge in [0.05, 0.1) is 23.8 Å². The second kappa shape index (κ2) is 9.40. The van der Waals surface area contributed by atoms with E-state index in [-0.39, 0.29) is 23.7 Å². The maximum Gasteiger partial charge on any atom is 0.284 e. The highest BCUT2D eigenvalue weighted by Crippen LogP contribution is 2.39. The number of azo groups is 1. The molecule has 1 amide bonds. The van der Waals surface area contributed by atoms with E-state index < -0.39 is 5.91 Å². The molecule has 3 heterocycles. The van der Waals surface area contributed by atoms with Gasteiger partial charge in [0.1, 0.15) is 11.4 Å². The van der Waals surface area contributed by atoms with Gasteiger partial charge in [0.25, 0.3) is 11.5 Å². The lowest BCUT2D eigenvalue weighted by Gasteiger charge is -2.17. The van der Waals surface area contributed by atoms with Crippen molar-refractivity contribution in [3.8, 4) is 5.88 Å². The quantitative estimate of drug-likeness (QED) is 0.310. The Morgan fingerprint density at radius 2 is 1.95 bits per heavy atom. The number of carbonyl (C=O) groups is 1. The van der Waals surface area contributed by atoms with Crippen molar-refractivity contribution >= 4 is 44.1 Å². The summed E-state index contributed by atoms with van der Waals surface area (Å²) in [5.41, 5.74) is 2.89. The summed E-state index contributed by atoms with van der Waals surface area (Å²) in [5.74, 6) is -0.0684. The molecule has 0 saturated heterocycles. The standard InChI is InChI=1S/C28H25N5O3S/c1-17-11-12-20-22(13-17)37-26-24(20)27(35)32(16-29-26)15-23(34)30-31-25-19-9-5-6-10-21(19)33(28(25)36)14-18-7-3-2-4-8-18/h2-10,16-17,36H,11-15H2,1H3/t17-/m0/s1. The summed E-state index contributed by atoms with van der Waals surface area (Å²) in [6.45, 7) is 2.40. The summed E-state index contributed by atoms with van der Waals surface area (Å²) in [4.78, 5) is 32.4. The second-order valence-corrected chi connectivity index (χ2v) is 10.6. The number of rotatable bonds is 5. The molecule has 1 aliphatic rings. The number of nitrogens with zero attached hydrogens (tertiary/aromatic N) is 5. The van der Waals surface area contributed by atoms with Crippen molar-refractivity contribution in [2.75, 3.05) is 0 Å². The Balaban J connectivity index is 1.29. The zero-order valence-corrected chi connectivity index (χ0v) is 21.1. The van der Waals surface area contributed by atoms with Gasteiger partial charge in [-0.2, -0.15) is 0 Å². The van der Waals surface area contributed by atoms with Crippen LogP contribution in [0.3, 0.4) is 0 Å². The van der Waals surface area contributed by atoms with E-state index in [1.54, 1.807) is 15.9 Å². The number of aromatic hydroxyl groups is 1. The summed E-state index contributed by atoms with van der Waals surface area (Å²) in [6, 6.07) is 17.2. The normalized spacial score (nSPS) is 15.5. The summed E-state index contributed by atoms with van der Waals surface area (Å²) >= 11 is 1.58. The van der Waals surface area contributed by atoms with Crippen molar-refractivity contribution in [2.45, 2.75) is 39.3 Å². The van der Waals surface area contributed by atoms with Crippen molar-refractivity contribution in [1.29, 1.82) is 0 Å². The largest absolute Gasteiger partial charge is 0.493 e. The SMILES string of the molecule is C[C@H]1CCc2c(sc3ncn(CC(=O)N=Nc4c(O)n(Cc5ccccc5)c5ccccc45)c(=O)c23)C1. The van der Waals surface area contributed by atoms with E-state index in [1.807, 2.05) is 54.6 Å². The maximum atomic E-state index is 13.2. The van der Waals surface area contributed by atoms with Crippen LogP contribution >= 0.6 is 11.3 Å². The summed E-state index contributed by atoms with van der Waals surface area (Å²) in [6.07, 6.45) is 4.27. The van der Waals surface area contributed by atoms with Gasteiger partial charge in [-0.15, -0.1) is 21.6 Å². The van der Waals surface area contributed by atoms with Crippen LogP contribution in [0.5, 0.6) is 5.88 Å². The fourth-order valence-corrected chi connectivity index (χ4v) is 6.40. The van der Waals surface area contributed by atoms with Crippen LogP contribution in [-0.2, 0) is 30.7 Å². The van der Waals surface area contributed by atoms with Crippen molar-refractivity contribution in [3.63, 3.8) is 0 Å². The molecule has 1 atom stereocenters. The minimum absolute atomic E-state index is 0.0685. The Morgan fingerprint density at radius 3 is 2.78 bits per heavy atom. The highest BCUT2D eigenvalue weighted by Gasteiger charge is 2.23. The summed E-state index contributed by atoms with van der Waals surface area (Å²) in [7, 11) is 0. The number of para-hydroxylation sites is 1. The Morgan fingerprint density at radius 1 is 1.16 bits per heavy atom. The van der Waals surface area contributed by atoms with E-state index in [1.165, 1.54) is 15.8 Å². The number of aromatic nitrogens is 3. The molecular formula is C28H25N5O3S. The number of thiophene rings is 1. The average molecular weight is 512 g/mol. The molecule has 0 saturated carbocycles. The first-order valence-corrected chi connectivity index (χ1v) is 13.1. The molecule has 0 radical (unpaired) electrons. The van der Waals surface area contributed by atoms with Gasteiger partial charge < -0.3 is 9.67 Å². The van der Waals surface area contributed by atoms with Crippen LogP contribution in [0.4, 0.5) is 5.69 Å². The van der Waals surface area contributed by atoms with E-state index >= 15 is 0 Å². The van der Waals surface area contributed by atoms with Gasteiger partial charge in [-0.05, 0) is 42.4 Å². The van der Waals surface area contributed by atoms with E-state index in [9.17, 15) is 14.7 Å². The topological polar surface area (TPSA) is 102 Å². The molecule has 3 aromatic heterocycles. The molecule has 37 heavy (non-hydrogen) atoms. The summed E-state index contributed by atoms with van der Waals surface area (Å²) < 4.78 is 3.04. The predicted octanol–water partition coefficient (Wildman–Crippen LogP) is 5.60. The molecule has 9 heteroatoms. The average Bonchev–Trinajstić information content (AvgIpc) is 3.40. The number of hydrogen-bond acceptors (Lipinski definition) is 6. The molecule has 5 aromatic rings. The van der Waals surface area contributed by atoms with Crippen LogP contribution in [0.1, 0.15) is 29.3 Å². The lowest BCUT2D eigenvalue weighted by atomic mass is 9.89. The first kappa shape index (κ1) is 23.3. The van der Waals surface area contributed by atoms with E-state index in [0.717, 1.165) is 40.7 Å². The third-order valence-electron chi connectivity index (χ3n) is 6.95. The number of benzene rings is 2. The van der Waals surface area contributed by atoms with Crippen LogP contribution in [0.15, 0.2) is 75.9 Å². The van der Waals surface area contributed by atoms with E-state index in [0.29, 0.717) is 23.2 Å². The van der Waals surface area contributed by atoms with Gasteiger partial charge in [0, 0.05) is 10.3 Å². The fraction of sp³-hybridized carbons (Fsp3) is 0.250. The zero-order chi connectivity index (χ0) is 25.5. The van der Waals surface area contributed by atoms with Crippen molar-refractivity contribution in [3.05, 3.63) is 87.3 Å². The molecule has 8 nitrogen and oxygen atoms in total. The van der Waals surface area contributed by atoms with Gasteiger partial charge >= 0.3 is 0 Å². The molecule has 0 aliphatic heterocycles. The van der Waals surface area contributed by atoms with Crippen LogP contribution in [0, 0.1) is 5.92 Å². The Bertz CT molecular complexity index is 1730. The second-order valence-electron chi connectivity index (χ2n) is 9.56. The lowest BCUT2D eigenvalue weighted by Crippen LogP contribution is -2.24. The molecule has 186 valence electrons. The molecule has 0 unspecified atom stereocenters. The fourth-order valence-electron chi connectivity index (χ4n) is 5.06. The highest BCUT2D eigenvalue weighted by atomic mass is 32.1. The first-order chi connectivity index (χ1) is 18.0. The molecule has 0 fully saturated rings.